The van der Waals surface area contributed by atoms with Crippen molar-refractivity contribution in [2.75, 3.05) is 21.2 Å². The zero-order chi connectivity index (χ0) is 25.8. The van der Waals surface area contributed by atoms with Crippen LogP contribution in [0.3, 0.4) is 0 Å². The predicted molar refractivity (Wildman–Crippen MR) is 137 cm³/mol. The van der Waals surface area contributed by atoms with Gasteiger partial charge in [0, 0.05) is 25.0 Å². The van der Waals surface area contributed by atoms with E-state index in [9.17, 15) is 9.59 Å². The van der Waals surface area contributed by atoms with Gasteiger partial charge >= 0.3 is 5.97 Å². The van der Waals surface area contributed by atoms with Crippen LogP contribution in [0.4, 0.5) is 0 Å². The number of esters is 1. The van der Waals surface area contributed by atoms with Crippen molar-refractivity contribution < 1.29 is 28.5 Å². The molecule has 7 heteroatoms. The Hall–Kier alpha value is -2.22. The van der Waals surface area contributed by atoms with Crippen LogP contribution in [0.25, 0.3) is 0 Å². The number of nitrogens with zero attached hydrogens (tertiary/aromatic N) is 1. The quantitative estimate of drug-likeness (QED) is 0.399. The first-order valence-corrected chi connectivity index (χ1v) is 12.6. The summed E-state index contributed by atoms with van der Waals surface area (Å²) in [4.78, 5) is 25.7. The number of allylic oxidation sites excluding steroid dienone is 4. The zero-order valence-corrected chi connectivity index (χ0v) is 22.1. The molecule has 2 heterocycles. The summed E-state index contributed by atoms with van der Waals surface area (Å²) in [6.07, 6.45) is 16.6. The molecule has 0 N–H and O–H groups in total. The number of carbonyl (C=O) groups is 2. The Labute approximate surface area is 210 Å². The van der Waals surface area contributed by atoms with Crippen molar-refractivity contribution in [1.29, 1.82) is 0 Å². The molecule has 196 valence electrons. The molecule has 0 bridgehead atoms. The Morgan fingerprint density at radius 1 is 1.14 bits per heavy atom. The second-order valence-electron chi connectivity index (χ2n) is 9.76. The van der Waals surface area contributed by atoms with Crippen molar-refractivity contribution in [2.24, 2.45) is 11.8 Å². The van der Waals surface area contributed by atoms with Crippen LogP contribution in [-0.2, 0) is 28.5 Å². The zero-order valence-electron chi connectivity index (χ0n) is 22.1. The number of carbonyl (C=O) groups excluding carboxylic acids is 2. The summed E-state index contributed by atoms with van der Waals surface area (Å²) in [6, 6.07) is 0.376. The smallest absolute Gasteiger partial charge is 0.331 e. The van der Waals surface area contributed by atoms with Crippen molar-refractivity contribution in [1.82, 2.24) is 4.90 Å². The van der Waals surface area contributed by atoms with Crippen molar-refractivity contribution >= 4 is 12.3 Å². The fourth-order valence-electron chi connectivity index (χ4n) is 4.61. The number of hydrogen-bond donors (Lipinski definition) is 0. The number of cyclic esters (lactones) is 1. The maximum atomic E-state index is 12.1. The third-order valence-electron chi connectivity index (χ3n) is 6.57. The Morgan fingerprint density at radius 3 is 2.57 bits per heavy atom. The summed E-state index contributed by atoms with van der Waals surface area (Å²) >= 11 is 0. The van der Waals surface area contributed by atoms with E-state index >= 15 is 0 Å². The lowest BCUT2D eigenvalue weighted by atomic mass is 9.89. The standard InChI is InChI=1S/C28H43NO6/c1-20-18-23(16-17-30)19-24(32-6)12-14-27(31)33-21(2)10-8-7-9-11-26(20)35-28-15-13-25(29(4)5)22(3)34-28/h7-9,11-12,14,17,19-23,25-26,28H,10,13,15-16,18H2,1-6H3/b8-7+,11-9+,14-12+,24-19-/t20-,21-,22-,23+,25+,26+,28+/m1/s1. The number of likely N-dealkylation sites (N-methyl/N-ethyl adjacent to an activating group) is 1. The van der Waals surface area contributed by atoms with E-state index in [1.54, 1.807) is 13.2 Å². The van der Waals surface area contributed by atoms with E-state index in [-0.39, 0.29) is 36.4 Å². The first kappa shape index (κ1) is 29.0. The van der Waals surface area contributed by atoms with E-state index < -0.39 is 5.97 Å². The van der Waals surface area contributed by atoms with Gasteiger partial charge in [-0.25, -0.2) is 4.79 Å². The van der Waals surface area contributed by atoms with Crippen molar-refractivity contribution in [2.45, 2.75) is 83.5 Å². The van der Waals surface area contributed by atoms with Gasteiger partial charge in [0.2, 0.25) is 0 Å². The van der Waals surface area contributed by atoms with E-state index in [0.717, 1.165) is 19.1 Å². The highest BCUT2D eigenvalue weighted by molar-refractivity contribution is 5.82. The molecule has 0 radical (unpaired) electrons. The summed E-state index contributed by atoms with van der Waals surface area (Å²) in [5.74, 6) is 0.144. The largest absolute Gasteiger partial charge is 0.497 e. The second kappa shape index (κ2) is 15.0. The van der Waals surface area contributed by atoms with Crippen LogP contribution in [-0.4, -0.2) is 69.0 Å². The Balaban J connectivity index is 2.24. The molecule has 0 aromatic carbocycles. The Morgan fingerprint density at radius 2 is 1.91 bits per heavy atom. The first-order chi connectivity index (χ1) is 16.7. The molecule has 0 saturated carbocycles. The number of methoxy groups -OCH3 is 1. The van der Waals surface area contributed by atoms with Crippen LogP contribution in [0.1, 0.15) is 52.9 Å². The number of ether oxygens (including phenoxy) is 4. The number of rotatable bonds is 6. The van der Waals surface area contributed by atoms with Crippen LogP contribution >= 0.6 is 0 Å². The molecule has 0 unspecified atom stereocenters. The highest BCUT2D eigenvalue weighted by Crippen LogP contribution is 2.29. The maximum Gasteiger partial charge on any atom is 0.331 e. The van der Waals surface area contributed by atoms with E-state index in [1.165, 1.54) is 6.08 Å². The van der Waals surface area contributed by atoms with Crippen molar-refractivity contribution in [3.05, 3.63) is 48.3 Å². The van der Waals surface area contributed by atoms with Crippen molar-refractivity contribution in [3.8, 4) is 0 Å². The molecule has 0 spiro atoms. The number of aldehydes is 1. The predicted octanol–water partition coefficient (Wildman–Crippen LogP) is 4.59. The van der Waals surface area contributed by atoms with Crippen molar-refractivity contribution in [3.63, 3.8) is 0 Å². The van der Waals surface area contributed by atoms with Gasteiger partial charge in [0.25, 0.3) is 0 Å². The molecule has 35 heavy (non-hydrogen) atoms. The maximum absolute atomic E-state index is 12.1. The van der Waals surface area contributed by atoms with E-state index in [0.29, 0.717) is 31.1 Å². The van der Waals surface area contributed by atoms with Gasteiger partial charge in [-0.15, -0.1) is 0 Å². The van der Waals surface area contributed by atoms with Gasteiger partial charge in [-0.3, -0.25) is 0 Å². The molecular formula is C28H43NO6. The summed E-state index contributed by atoms with van der Waals surface area (Å²) in [5, 5.41) is 0. The minimum Gasteiger partial charge on any atom is -0.497 e. The minimum atomic E-state index is -0.427. The van der Waals surface area contributed by atoms with Gasteiger partial charge in [0.15, 0.2) is 6.29 Å². The van der Waals surface area contributed by atoms with Gasteiger partial charge in [-0.1, -0.05) is 31.2 Å². The molecule has 1 saturated heterocycles. The third-order valence-corrected chi connectivity index (χ3v) is 6.57. The monoisotopic (exact) mass is 489 g/mol. The first-order valence-electron chi connectivity index (χ1n) is 12.6. The topological polar surface area (TPSA) is 74.3 Å². The van der Waals surface area contributed by atoms with Crippen LogP contribution in [0.15, 0.2) is 48.3 Å². The summed E-state index contributed by atoms with van der Waals surface area (Å²) in [7, 11) is 5.71. The lowest BCUT2D eigenvalue weighted by molar-refractivity contribution is -0.223. The van der Waals surface area contributed by atoms with Crippen LogP contribution in [0, 0.1) is 11.8 Å². The normalized spacial score (nSPS) is 37.5. The van der Waals surface area contributed by atoms with Gasteiger partial charge in [0.1, 0.15) is 18.1 Å². The van der Waals surface area contributed by atoms with Gasteiger partial charge in [0.05, 0.1) is 19.3 Å². The molecule has 0 aromatic rings. The van der Waals surface area contributed by atoms with Gasteiger partial charge in [-0.05, 0) is 71.2 Å². The Bertz CT molecular complexity index is 786. The molecule has 0 aromatic heterocycles. The third kappa shape index (κ3) is 10.1. The minimum absolute atomic E-state index is 0.0655. The summed E-state index contributed by atoms with van der Waals surface area (Å²) in [6.45, 7) is 6.08. The SMILES string of the molecule is COC1=C\[C@@H](CC=O)C[C@@H](C)[C@@H](O[C@H]2CC[C@H](N(C)C)[C@@H](C)O2)/C=C/C=C/C[C@@H](C)OC(=O)\C=C\1. The molecular weight excluding hydrogens is 446 g/mol. The molecule has 2 aliphatic heterocycles. The molecule has 2 rings (SSSR count). The summed E-state index contributed by atoms with van der Waals surface area (Å²) < 4.78 is 23.5. The van der Waals surface area contributed by atoms with Crippen LogP contribution in [0.2, 0.25) is 0 Å². The molecule has 7 atom stereocenters. The lowest BCUT2D eigenvalue weighted by Gasteiger charge is -2.39. The Kier molecular flexibility index (Phi) is 12.4. The fourth-order valence-corrected chi connectivity index (χ4v) is 4.61. The average molecular weight is 490 g/mol. The second-order valence-corrected chi connectivity index (χ2v) is 9.76. The van der Waals surface area contributed by atoms with E-state index in [1.807, 2.05) is 31.2 Å². The molecule has 2 aliphatic rings. The van der Waals surface area contributed by atoms with E-state index in [4.69, 9.17) is 18.9 Å². The number of hydrogen-bond acceptors (Lipinski definition) is 7. The highest BCUT2D eigenvalue weighted by atomic mass is 16.7. The lowest BCUT2D eigenvalue weighted by Crippen LogP contribution is -2.46. The molecule has 0 amide bonds. The van der Waals surface area contributed by atoms with Crippen LogP contribution in [0.5, 0.6) is 0 Å². The fraction of sp³-hybridized carbons (Fsp3) is 0.643. The average Bonchev–Trinajstić information content (AvgIpc) is 2.79. The molecule has 7 nitrogen and oxygen atoms in total. The molecule has 0 aliphatic carbocycles. The highest BCUT2D eigenvalue weighted by Gasteiger charge is 2.32. The van der Waals surface area contributed by atoms with Gasteiger partial charge < -0.3 is 28.6 Å². The molecule has 1 fully saturated rings. The summed E-state index contributed by atoms with van der Waals surface area (Å²) in [5.41, 5.74) is 0. The van der Waals surface area contributed by atoms with E-state index in [2.05, 4.69) is 38.9 Å². The van der Waals surface area contributed by atoms with Crippen LogP contribution < -0.4 is 0 Å². The van der Waals surface area contributed by atoms with Gasteiger partial charge in [-0.2, -0.15) is 0 Å².